The zero-order chi connectivity index (χ0) is 43.9. The molecule has 0 aromatic heterocycles. The maximum absolute atomic E-state index is 6.94. The summed E-state index contributed by atoms with van der Waals surface area (Å²) in [4.78, 5) is 0. The van der Waals surface area contributed by atoms with Gasteiger partial charge in [0.15, 0.2) is 28.1 Å². The van der Waals surface area contributed by atoms with Crippen LogP contribution in [-0.4, -0.2) is 115 Å². The van der Waals surface area contributed by atoms with Crippen molar-refractivity contribution in [2.45, 2.75) is 142 Å². The van der Waals surface area contributed by atoms with Gasteiger partial charge in [0, 0.05) is 17.8 Å². The third-order valence-electron chi connectivity index (χ3n) is 9.78. The Hall–Kier alpha value is -1.37. The summed E-state index contributed by atoms with van der Waals surface area (Å²) in [5.74, 6) is 4.08. The molecule has 0 bridgehead atoms. The van der Waals surface area contributed by atoms with Crippen LogP contribution in [0.4, 0.5) is 0 Å². The van der Waals surface area contributed by atoms with Gasteiger partial charge in [-0.15, -0.1) is 23.2 Å². The Balaban J connectivity index is 1.77. The minimum absolute atomic E-state index is 0.0694. The van der Waals surface area contributed by atoms with Crippen LogP contribution in [0.3, 0.4) is 0 Å². The molecule has 2 aromatic carbocycles. The van der Waals surface area contributed by atoms with Crippen molar-refractivity contribution in [2.24, 2.45) is 0 Å². The van der Waals surface area contributed by atoms with Crippen LogP contribution in [0, 0.1) is 0 Å². The predicted molar refractivity (Wildman–Crippen MR) is 250 cm³/mol. The topological polar surface area (TPSA) is 92.3 Å². The maximum atomic E-state index is 6.94. The van der Waals surface area contributed by atoms with Crippen LogP contribution in [0.25, 0.3) is 0 Å². The number of halogens is 2. The Morgan fingerprint density at radius 1 is 0.525 bits per heavy atom. The summed E-state index contributed by atoms with van der Waals surface area (Å²) >= 11 is 11.4. The second-order valence-electron chi connectivity index (χ2n) is 17.1. The lowest BCUT2D eigenvalue weighted by Gasteiger charge is -2.39. The highest BCUT2D eigenvalue weighted by Crippen LogP contribution is 2.32. The monoisotopic (exact) mass is 920 g/mol. The Morgan fingerprint density at radius 2 is 1.02 bits per heavy atom. The molecule has 15 heteroatoms. The first kappa shape index (κ1) is 53.8. The molecule has 59 heavy (non-hydrogen) atoms. The minimum Gasteiger partial charge on any atom is -0.496 e. The van der Waals surface area contributed by atoms with Gasteiger partial charge in [-0.2, -0.15) is 0 Å². The number of methoxy groups -OCH3 is 2. The first-order chi connectivity index (χ1) is 27.9. The molecule has 0 amide bonds. The van der Waals surface area contributed by atoms with E-state index in [1.54, 1.807) is 14.2 Å². The number of benzene rings is 2. The molecule has 2 rings (SSSR count). The van der Waals surface area contributed by atoms with E-state index < -0.39 is 25.2 Å². The van der Waals surface area contributed by atoms with Crippen LogP contribution in [-0.2, 0) is 40.0 Å². The average molecular weight is 922 g/mol. The normalized spacial score (nSPS) is 14.5. The number of alkyl halides is 2. The van der Waals surface area contributed by atoms with Crippen LogP contribution in [0.2, 0.25) is 51.4 Å². The molecular weight excluding hydrogens is 844 g/mol. The van der Waals surface area contributed by atoms with Gasteiger partial charge in [0.1, 0.15) is 24.7 Å². The standard InChI is InChI=1S/C44H78Cl2O10Si3/c1-35(49-23-21-45)31-37(3)51-25-27-53-41-19-18-40(43(34-41)47-5)16-14-30-58(9,10)56-59(11,12)55-57(7,8)29-13-15-39-17-20-42(44(33-39)48-6)54-28-26-52-38(4)32-36(2)50-24-22-46/h17-20,33-38H,13-16,21-32H2,1-12H3. The van der Waals surface area contributed by atoms with Crippen molar-refractivity contribution in [3.05, 3.63) is 47.5 Å². The van der Waals surface area contributed by atoms with Crippen LogP contribution in [0.15, 0.2) is 36.4 Å². The summed E-state index contributed by atoms with van der Waals surface area (Å²) in [6.45, 7) is 24.9. The molecule has 4 atom stereocenters. The third kappa shape index (κ3) is 23.6. The molecule has 0 aliphatic carbocycles. The van der Waals surface area contributed by atoms with Gasteiger partial charge in [-0.1, -0.05) is 12.1 Å². The number of hydrogen-bond donors (Lipinski definition) is 0. The van der Waals surface area contributed by atoms with E-state index >= 15 is 0 Å². The summed E-state index contributed by atoms with van der Waals surface area (Å²) in [6.07, 6.45) is 5.89. The fourth-order valence-electron chi connectivity index (χ4n) is 7.39. The van der Waals surface area contributed by atoms with E-state index in [0.717, 1.165) is 73.6 Å². The van der Waals surface area contributed by atoms with Crippen LogP contribution in [0.1, 0.15) is 64.5 Å². The predicted octanol–water partition coefficient (Wildman–Crippen LogP) is 11.1. The number of hydrogen-bond acceptors (Lipinski definition) is 10. The van der Waals surface area contributed by atoms with Crippen molar-refractivity contribution in [1.29, 1.82) is 0 Å². The Morgan fingerprint density at radius 3 is 1.53 bits per heavy atom. The highest BCUT2D eigenvalue weighted by Gasteiger charge is 2.39. The molecule has 0 aliphatic rings. The molecule has 0 saturated carbocycles. The lowest BCUT2D eigenvalue weighted by molar-refractivity contribution is -0.00689. The average Bonchev–Trinajstić information content (AvgIpc) is 3.16. The molecule has 0 fully saturated rings. The van der Waals surface area contributed by atoms with Gasteiger partial charge >= 0.3 is 8.56 Å². The fourth-order valence-corrected chi connectivity index (χ4v) is 21.6. The summed E-state index contributed by atoms with van der Waals surface area (Å²) in [7, 11) is -2.91. The number of ether oxygens (including phenoxy) is 8. The molecule has 0 aliphatic heterocycles. The van der Waals surface area contributed by atoms with Crippen LogP contribution >= 0.6 is 23.2 Å². The van der Waals surface area contributed by atoms with Crippen molar-refractivity contribution in [3.63, 3.8) is 0 Å². The molecule has 4 unspecified atom stereocenters. The van der Waals surface area contributed by atoms with E-state index in [4.69, 9.17) is 69.3 Å². The zero-order valence-corrected chi connectivity index (χ0v) is 42.9. The summed E-state index contributed by atoms with van der Waals surface area (Å²) in [5, 5.41) is 0. The molecule has 0 saturated heterocycles. The molecular formula is C44H78Cl2O10Si3. The van der Waals surface area contributed by atoms with Crippen molar-refractivity contribution in [3.8, 4) is 23.0 Å². The Kier molecular flexibility index (Phi) is 25.8. The molecule has 0 radical (unpaired) electrons. The smallest absolute Gasteiger partial charge is 0.311 e. The van der Waals surface area contributed by atoms with Gasteiger partial charge < -0.3 is 46.1 Å². The maximum Gasteiger partial charge on any atom is 0.311 e. The summed E-state index contributed by atoms with van der Waals surface area (Å²) in [5.41, 5.74) is 2.40. The van der Waals surface area contributed by atoms with Gasteiger partial charge in [0.2, 0.25) is 0 Å². The zero-order valence-electron chi connectivity index (χ0n) is 38.4. The van der Waals surface area contributed by atoms with Crippen LogP contribution < -0.4 is 18.9 Å². The molecule has 0 spiro atoms. The second-order valence-corrected chi connectivity index (χ2v) is 30.3. The van der Waals surface area contributed by atoms with Crippen molar-refractivity contribution < 1.29 is 46.1 Å². The second kappa shape index (κ2) is 28.3. The van der Waals surface area contributed by atoms with Gasteiger partial charge in [-0.3, -0.25) is 0 Å². The quantitative estimate of drug-likeness (QED) is 0.0384. The largest absolute Gasteiger partial charge is 0.496 e. The lowest BCUT2D eigenvalue weighted by Crippen LogP contribution is -2.52. The molecule has 0 N–H and O–H groups in total. The third-order valence-corrected chi connectivity index (χ3v) is 21.6. The molecule has 10 nitrogen and oxygen atoms in total. The van der Waals surface area contributed by atoms with E-state index in [0.29, 0.717) is 51.4 Å². The summed E-state index contributed by atoms with van der Waals surface area (Å²) < 4.78 is 60.4. The lowest BCUT2D eigenvalue weighted by atomic mass is 10.1. The first-order valence-electron chi connectivity index (χ1n) is 21.5. The van der Waals surface area contributed by atoms with E-state index in [2.05, 4.69) is 64.4 Å². The van der Waals surface area contributed by atoms with Gasteiger partial charge in [0.05, 0.1) is 65.1 Å². The first-order valence-corrected chi connectivity index (χ1v) is 31.6. The van der Waals surface area contributed by atoms with Crippen molar-refractivity contribution in [1.82, 2.24) is 0 Å². The van der Waals surface area contributed by atoms with Gasteiger partial charge in [-0.25, -0.2) is 0 Å². The Bertz CT molecular complexity index is 1440. The van der Waals surface area contributed by atoms with E-state index in [1.807, 2.05) is 39.0 Å². The number of aryl methyl sites for hydroxylation is 2. The van der Waals surface area contributed by atoms with Crippen molar-refractivity contribution >= 4 is 48.4 Å². The van der Waals surface area contributed by atoms with E-state index in [1.165, 1.54) is 11.1 Å². The highest BCUT2D eigenvalue weighted by molar-refractivity contribution is 6.87. The van der Waals surface area contributed by atoms with Crippen molar-refractivity contribution in [2.75, 3.05) is 65.6 Å². The van der Waals surface area contributed by atoms with Gasteiger partial charge in [-0.05, 0) is 147 Å². The Labute approximate surface area is 371 Å². The van der Waals surface area contributed by atoms with E-state index in [-0.39, 0.29) is 24.4 Å². The highest BCUT2D eigenvalue weighted by atomic mass is 35.5. The van der Waals surface area contributed by atoms with Crippen LogP contribution in [0.5, 0.6) is 23.0 Å². The summed E-state index contributed by atoms with van der Waals surface area (Å²) in [6, 6.07) is 14.4. The molecule has 2 aromatic rings. The number of rotatable bonds is 34. The van der Waals surface area contributed by atoms with Gasteiger partial charge in [0.25, 0.3) is 0 Å². The minimum atomic E-state index is -2.35. The molecule has 0 heterocycles. The van der Waals surface area contributed by atoms with E-state index in [9.17, 15) is 0 Å². The fraction of sp³-hybridized carbons (Fsp3) is 0.727. The molecule has 340 valence electrons. The SMILES string of the molecule is COc1cc(OCCOC(C)CC(C)OCCCl)ccc1CCC[Si](C)(C)O[Si](C)(C)O[Si](C)(C)CCCc1ccc(OCCOC(C)CC(C)OCCCl)c(OC)c1.